The molecule has 0 aliphatic heterocycles. The Morgan fingerprint density at radius 3 is 2.26 bits per heavy atom. The largest absolute Gasteiger partial charge is 0.350 e. The van der Waals surface area contributed by atoms with Crippen molar-refractivity contribution in [2.75, 3.05) is 0 Å². The summed E-state index contributed by atoms with van der Waals surface area (Å²) in [5.74, 6) is -0.309. The van der Waals surface area contributed by atoms with Crippen molar-refractivity contribution < 1.29 is 9.59 Å². The van der Waals surface area contributed by atoms with Gasteiger partial charge in [0.1, 0.15) is 6.04 Å². The van der Waals surface area contributed by atoms with E-state index in [9.17, 15) is 9.59 Å². The zero-order valence-electron chi connectivity index (χ0n) is 12.0. The maximum Gasteiger partial charge on any atom is 0.242 e. The highest BCUT2D eigenvalue weighted by atomic mass is 16.2. The quantitative estimate of drug-likeness (QED) is 0.870. The first-order chi connectivity index (χ1) is 8.80. The molecule has 0 aromatic heterocycles. The van der Waals surface area contributed by atoms with Crippen molar-refractivity contribution >= 4 is 11.8 Å². The van der Waals surface area contributed by atoms with E-state index in [4.69, 9.17) is 0 Å². The Kier molecular flexibility index (Phi) is 5.10. The van der Waals surface area contributed by atoms with Crippen LogP contribution in [-0.4, -0.2) is 17.9 Å². The zero-order chi connectivity index (χ0) is 14.5. The van der Waals surface area contributed by atoms with Crippen molar-refractivity contribution in [3.8, 4) is 0 Å². The Balaban J connectivity index is 2.43. The highest BCUT2D eigenvalue weighted by Gasteiger charge is 2.24. The fraction of sp³-hybridized carbons (Fsp3) is 0.467. The Morgan fingerprint density at radius 2 is 1.74 bits per heavy atom. The maximum absolute atomic E-state index is 11.9. The number of hydrogen-bond acceptors (Lipinski definition) is 2. The maximum atomic E-state index is 11.9. The molecule has 0 bridgehead atoms. The van der Waals surface area contributed by atoms with E-state index in [0.29, 0.717) is 6.54 Å². The molecule has 0 heterocycles. The lowest BCUT2D eigenvalue weighted by molar-refractivity contribution is -0.133. The smallest absolute Gasteiger partial charge is 0.242 e. The van der Waals surface area contributed by atoms with E-state index in [-0.39, 0.29) is 11.8 Å². The SMILES string of the molecule is C[C@H](NC(=O)C(C)(C)C)C(=O)NCc1ccccc1. The van der Waals surface area contributed by atoms with Gasteiger partial charge in [0.2, 0.25) is 11.8 Å². The van der Waals surface area contributed by atoms with Crippen molar-refractivity contribution in [3.63, 3.8) is 0 Å². The van der Waals surface area contributed by atoms with Gasteiger partial charge in [-0.3, -0.25) is 9.59 Å². The average Bonchev–Trinajstić information content (AvgIpc) is 2.35. The number of nitrogens with one attached hydrogen (secondary N) is 2. The monoisotopic (exact) mass is 262 g/mol. The fourth-order valence-electron chi connectivity index (χ4n) is 1.42. The summed E-state index contributed by atoms with van der Waals surface area (Å²) in [7, 11) is 0. The van der Waals surface area contributed by atoms with Crippen molar-refractivity contribution in [1.29, 1.82) is 0 Å². The van der Waals surface area contributed by atoms with E-state index in [1.54, 1.807) is 6.92 Å². The average molecular weight is 262 g/mol. The van der Waals surface area contributed by atoms with Crippen LogP contribution in [0.2, 0.25) is 0 Å². The van der Waals surface area contributed by atoms with Gasteiger partial charge in [0.25, 0.3) is 0 Å². The van der Waals surface area contributed by atoms with Gasteiger partial charge in [-0.1, -0.05) is 51.1 Å². The normalized spacial score (nSPS) is 12.6. The van der Waals surface area contributed by atoms with Gasteiger partial charge in [-0.05, 0) is 12.5 Å². The molecule has 0 saturated heterocycles. The van der Waals surface area contributed by atoms with Crippen molar-refractivity contribution in [3.05, 3.63) is 35.9 Å². The summed E-state index contributed by atoms with van der Waals surface area (Å²) in [6, 6.07) is 9.13. The van der Waals surface area contributed by atoms with Gasteiger partial charge >= 0.3 is 0 Å². The highest BCUT2D eigenvalue weighted by molar-refractivity contribution is 5.89. The second kappa shape index (κ2) is 6.36. The zero-order valence-corrected chi connectivity index (χ0v) is 12.0. The van der Waals surface area contributed by atoms with Crippen LogP contribution in [0.1, 0.15) is 33.3 Å². The minimum absolute atomic E-state index is 0.130. The van der Waals surface area contributed by atoms with Crippen LogP contribution in [0.3, 0.4) is 0 Å². The van der Waals surface area contributed by atoms with E-state index in [2.05, 4.69) is 10.6 Å². The molecule has 19 heavy (non-hydrogen) atoms. The highest BCUT2D eigenvalue weighted by Crippen LogP contribution is 2.12. The van der Waals surface area contributed by atoms with Gasteiger partial charge in [0, 0.05) is 12.0 Å². The number of benzene rings is 1. The summed E-state index contributed by atoms with van der Waals surface area (Å²) in [6.45, 7) is 7.60. The Morgan fingerprint density at radius 1 is 1.16 bits per heavy atom. The molecule has 1 aromatic rings. The number of carbonyl (C=O) groups excluding carboxylic acids is 2. The molecular formula is C15H22N2O2. The third-order valence-corrected chi connectivity index (χ3v) is 2.73. The minimum atomic E-state index is -0.532. The summed E-state index contributed by atoms with van der Waals surface area (Å²) >= 11 is 0. The third-order valence-electron chi connectivity index (χ3n) is 2.73. The van der Waals surface area contributed by atoms with Gasteiger partial charge in [0.15, 0.2) is 0 Å². The molecule has 4 nitrogen and oxygen atoms in total. The lowest BCUT2D eigenvalue weighted by Crippen LogP contribution is -2.48. The number of amides is 2. The summed E-state index contributed by atoms with van der Waals surface area (Å²) in [4.78, 5) is 23.6. The topological polar surface area (TPSA) is 58.2 Å². The summed E-state index contributed by atoms with van der Waals surface area (Å²) in [5, 5.41) is 5.51. The molecule has 0 aliphatic rings. The molecule has 2 amide bonds. The van der Waals surface area contributed by atoms with Gasteiger partial charge in [-0.15, -0.1) is 0 Å². The fourth-order valence-corrected chi connectivity index (χ4v) is 1.42. The predicted molar refractivity (Wildman–Crippen MR) is 75.3 cm³/mol. The summed E-state index contributed by atoms with van der Waals surface area (Å²) < 4.78 is 0. The number of hydrogen-bond donors (Lipinski definition) is 2. The molecule has 1 rings (SSSR count). The van der Waals surface area contributed by atoms with Crippen LogP contribution in [-0.2, 0) is 16.1 Å². The van der Waals surface area contributed by atoms with Crippen LogP contribution in [0.4, 0.5) is 0 Å². The van der Waals surface area contributed by atoms with E-state index < -0.39 is 11.5 Å². The molecule has 0 aliphatic carbocycles. The van der Waals surface area contributed by atoms with Gasteiger partial charge in [-0.2, -0.15) is 0 Å². The van der Waals surface area contributed by atoms with Crippen molar-refractivity contribution in [1.82, 2.24) is 10.6 Å². The van der Waals surface area contributed by atoms with Gasteiger partial charge < -0.3 is 10.6 Å². The Bertz CT molecular complexity index is 435. The van der Waals surface area contributed by atoms with Crippen LogP contribution in [0.15, 0.2) is 30.3 Å². The standard InChI is InChI=1S/C15H22N2O2/c1-11(17-14(19)15(2,3)4)13(18)16-10-12-8-6-5-7-9-12/h5-9,11H,10H2,1-4H3,(H,16,18)(H,17,19)/t11-/m0/s1. The molecule has 0 spiro atoms. The second-order valence-corrected chi connectivity index (χ2v) is 5.65. The lowest BCUT2D eigenvalue weighted by Gasteiger charge is -2.21. The molecule has 2 N–H and O–H groups in total. The first kappa shape index (κ1) is 15.2. The Hall–Kier alpha value is -1.84. The number of carbonyl (C=O) groups is 2. The Labute approximate surface area is 114 Å². The molecular weight excluding hydrogens is 240 g/mol. The van der Waals surface area contributed by atoms with Crippen molar-refractivity contribution in [2.24, 2.45) is 5.41 Å². The molecule has 0 radical (unpaired) electrons. The summed E-state index contributed by atoms with van der Waals surface area (Å²) in [5.41, 5.74) is 0.540. The molecule has 104 valence electrons. The number of rotatable bonds is 4. The van der Waals surface area contributed by atoms with E-state index >= 15 is 0 Å². The first-order valence-electron chi connectivity index (χ1n) is 6.43. The van der Waals surface area contributed by atoms with E-state index in [1.165, 1.54) is 0 Å². The molecule has 0 fully saturated rings. The molecule has 1 atom stereocenters. The van der Waals surface area contributed by atoms with Crippen LogP contribution in [0.5, 0.6) is 0 Å². The van der Waals surface area contributed by atoms with E-state index in [1.807, 2.05) is 51.1 Å². The van der Waals surface area contributed by atoms with Crippen LogP contribution >= 0.6 is 0 Å². The first-order valence-corrected chi connectivity index (χ1v) is 6.43. The molecule has 0 unspecified atom stereocenters. The molecule has 1 aromatic carbocycles. The second-order valence-electron chi connectivity index (χ2n) is 5.65. The van der Waals surface area contributed by atoms with Gasteiger partial charge in [-0.25, -0.2) is 0 Å². The van der Waals surface area contributed by atoms with Gasteiger partial charge in [0.05, 0.1) is 0 Å². The van der Waals surface area contributed by atoms with Crippen molar-refractivity contribution in [2.45, 2.75) is 40.3 Å². The predicted octanol–water partition coefficient (Wildman–Crippen LogP) is 1.85. The van der Waals surface area contributed by atoms with Crippen LogP contribution in [0, 0.1) is 5.41 Å². The van der Waals surface area contributed by atoms with Crippen LogP contribution < -0.4 is 10.6 Å². The third kappa shape index (κ3) is 5.12. The summed E-state index contributed by atoms with van der Waals surface area (Å²) in [6.07, 6.45) is 0. The lowest BCUT2D eigenvalue weighted by atomic mass is 9.95. The van der Waals surface area contributed by atoms with E-state index in [0.717, 1.165) is 5.56 Å². The molecule has 4 heteroatoms. The van der Waals surface area contributed by atoms with Crippen LogP contribution in [0.25, 0.3) is 0 Å². The molecule has 0 saturated carbocycles. The minimum Gasteiger partial charge on any atom is -0.350 e.